The first-order valence-corrected chi connectivity index (χ1v) is 14.3. The fourth-order valence-electron chi connectivity index (χ4n) is 4.96. The van der Waals surface area contributed by atoms with Gasteiger partial charge in [0.1, 0.15) is 0 Å². The molecule has 0 unspecified atom stereocenters. The summed E-state index contributed by atoms with van der Waals surface area (Å²) < 4.78 is 2.12. The second kappa shape index (κ2) is 14.8. The predicted octanol–water partition coefficient (Wildman–Crippen LogP) is 4.71. The number of aromatic nitrogens is 1. The van der Waals surface area contributed by atoms with Crippen molar-refractivity contribution in [1.29, 1.82) is 0 Å². The molecule has 3 rings (SSSR count). The van der Waals surface area contributed by atoms with Gasteiger partial charge < -0.3 is 26.0 Å². The average molecular weight is 535 g/mol. The fraction of sp³-hybridized carbons (Fsp3) is 0.500. The van der Waals surface area contributed by atoms with E-state index in [1.807, 2.05) is 55.6 Å². The number of para-hydroxylation sites is 1. The summed E-state index contributed by atoms with van der Waals surface area (Å²) in [4.78, 5) is 25.7. The molecule has 0 fully saturated rings. The Morgan fingerprint density at radius 2 is 1.67 bits per heavy atom. The third-order valence-corrected chi connectivity index (χ3v) is 7.64. The van der Waals surface area contributed by atoms with Crippen LogP contribution in [0.4, 0.5) is 0 Å². The van der Waals surface area contributed by atoms with E-state index in [0.717, 1.165) is 23.7 Å². The van der Waals surface area contributed by atoms with Gasteiger partial charge in [-0.3, -0.25) is 9.59 Å². The lowest BCUT2D eigenvalue weighted by atomic mass is 9.86. The Morgan fingerprint density at radius 1 is 0.974 bits per heavy atom. The molecule has 0 bridgehead atoms. The molecule has 7 nitrogen and oxygen atoms in total. The molecule has 0 spiro atoms. The summed E-state index contributed by atoms with van der Waals surface area (Å²) in [6.45, 7) is 9.91. The van der Waals surface area contributed by atoms with E-state index in [1.54, 1.807) is 0 Å². The number of nitrogens with zero attached hydrogens (tertiary/aromatic N) is 1. The van der Waals surface area contributed by atoms with Crippen molar-refractivity contribution < 1.29 is 14.7 Å². The lowest BCUT2D eigenvalue weighted by Gasteiger charge is -2.28. The highest BCUT2D eigenvalue weighted by atomic mass is 16.3. The molecule has 3 aromatic rings. The molecular weight excluding hydrogens is 488 g/mol. The van der Waals surface area contributed by atoms with E-state index >= 15 is 0 Å². The van der Waals surface area contributed by atoms with Crippen molar-refractivity contribution in [2.24, 2.45) is 23.5 Å². The first kappa shape index (κ1) is 30.4. The monoisotopic (exact) mass is 534 g/mol. The van der Waals surface area contributed by atoms with Gasteiger partial charge in [0, 0.05) is 48.7 Å². The number of carbonyl (C=O) groups excluding carboxylic acids is 2. The fourth-order valence-corrected chi connectivity index (χ4v) is 4.96. The molecule has 0 aliphatic heterocycles. The van der Waals surface area contributed by atoms with Gasteiger partial charge in [-0.2, -0.15) is 0 Å². The van der Waals surface area contributed by atoms with Gasteiger partial charge in [-0.05, 0) is 42.7 Å². The van der Waals surface area contributed by atoms with Gasteiger partial charge in [0.25, 0.3) is 5.91 Å². The van der Waals surface area contributed by atoms with Crippen LogP contribution in [0.15, 0.2) is 60.8 Å². The molecule has 212 valence electrons. The lowest BCUT2D eigenvalue weighted by Crippen LogP contribution is -2.42. The number of amides is 2. The molecule has 0 aliphatic carbocycles. The number of aliphatic hydroxyl groups excluding tert-OH is 1. The molecule has 0 radical (unpaired) electrons. The Morgan fingerprint density at radius 3 is 2.36 bits per heavy atom. The van der Waals surface area contributed by atoms with Gasteiger partial charge in [-0.15, -0.1) is 0 Å². The highest BCUT2D eigenvalue weighted by Gasteiger charge is 2.26. The number of nitrogens with one attached hydrogen (secondary N) is 2. The maximum Gasteiger partial charge on any atom is 0.253 e. The van der Waals surface area contributed by atoms with Crippen molar-refractivity contribution in [2.45, 2.75) is 72.1 Å². The quantitative estimate of drug-likeness (QED) is 0.212. The van der Waals surface area contributed by atoms with Gasteiger partial charge in [0.2, 0.25) is 5.91 Å². The zero-order valence-corrected chi connectivity index (χ0v) is 23.9. The summed E-state index contributed by atoms with van der Waals surface area (Å²) in [7, 11) is 0. The zero-order valence-electron chi connectivity index (χ0n) is 23.9. The molecule has 5 N–H and O–H groups in total. The van der Waals surface area contributed by atoms with Crippen LogP contribution in [0.25, 0.3) is 10.9 Å². The number of carbonyl (C=O) groups is 2. The van der Waals surface area contributed by atoms with Crippen LogP contribution in [0.3, 0.4) is 0 Å². The minimum absolute atomic E-state index is 0.0474. The Hall–Kier alpha value is -3.16. The molecule has 7 heteroatoms. The Kier molecular flexibility index (Phi) is 11.6. The Balaban J connectivity index is 1.61. The summed E-state index contributed by atoms with van der Waals surface area (Å²) in [6.07, 6.45) is 3.97. The summed E-state index contributed by atoms with van der Waals surface area (Å²) in [6, 6.07) is 17.7. The molecule has 0 saturated carbocycles. The summed E-state index contributed by atoms with van der Waals surface area (Å²) in [5.74, 6) is -0.125. The van der Waals surface area contributed by atoms with Gasteiger partial charge in [0.15, 0.2) is 0 Å². The van der Waals surface area contributed by atoms with E-state index in [2.05, 4.69) is 48.1 Å². The van der Waals surface area contributed by atoms with E-state index in [1.165, 1.54) is 5.56 Å². The molecule has 0 saturated heterocycles. The van der Waals surface area contributed by atoms with Crippen molar-refractivity contribution in [3.05, 3.63) is 71.9 Å². The number of unbranched alkanes of at least 4 members (excludes halogenated alkanes) is 1. The molecule has 1 aromatic heterocycles. The summed E-state index contributed by atoms with van der Waals surface area (Å²) in [5.41, 5.74) is 9.24. The predicted molar refractivity (Wildman–Crippen MR) is 158 cm³/mol. The number of benzene rings is 2. The number of hydrogen-bond acceptors (Lipinski definition) is 4. The number of aliphatic hydroxyl groups is 1. The van der Waals surface area contributed by atoms with Crippen LogP contribution in [0, 0.1) is 17.8 Å². The largest absolute Gasteiger partial charge is 0.391 e. The number of rotatable bonds is 15. The first-order valence-electron chi connectivity index (χ1n) is 14.3. The van der Waals surface area contributed by atoms with E-state index in [0.29, 0.717) is 38.0 Å². The van der Waals surface area contributed by atoms with Gasteiger partial charge >= 0.3 is 0 Å². The van der Waals surface area contributed by atoms with Crippen LogP contribution in [-0.2, 0) is 11.3 Å². The SMILES string of the molecule is CCCCNC(=O)[C@H](C)C[C@H](O)[C@@H](N)C[C@@H](CNC(=O)c1cn(Cc2ccccc2)c2ccccc12)C(C)C. The smallest absolute Gasteiger partial charge is 0.253 e. The van der Waals surface area contributed by atoms with Crippen LogP contribution < -0.4 is 16.4 Å². The first-order chi connectivity index (χ1) is 18.7. The summed E-state index contributed by atoms with van der Waals surface area (Å²) in [5, 5.41) is 17.7. The van der Waals surface area contributed by atoms with Crippen molar-refractivity contribution in [3.63, 3.8) is 0 Å². The third kappa shape index (κ3) is 8.67. The van der Waals surface area contributed by atoms with Crippen LogP contribution in [0.5, 0.6) is 0 Å². The molecule has 1 heterocycles. The average Bonchev–Trinajstić information content (AvgIpc) is 3.29. The number of hydrogen-bond donors (Lipinski definition) is 4. The molecular formula is C32H46N4O3. The zero-order chi connectivity index (χ0) is 28.4. The highest BCUT2D eigenvalue weighted by molar-refractivity contribution is 6.07. The Bertz CT molecular complexity index is 1190. The van der Waals surface area contributed by atoms with E-state index in [4.69, 9.17) is 5.73 Å². The van der Waals surface area contributed by atoms with Crippen molar-refractivity contribution in [3.8, 4) is 0 Å². The van der Waals surface area contributed by atoms with Crippen LogP contribution >= 0.6 is 0 Å². The molecule has 0 aliphatic rings. The minimum Gasteiger partial charge on any atom is -0.391 e. The Labute approximate surface area is 233 Å². The van der Waals surface area contributed by atoms with Gasteiger partial charge in [0.05, 0.1) is 11.7 Å². The van der Waals surface area contributed by atoms with Crippen LogP contribution in [0.1, 0.15) is 69.3 Å². The summed E-state index contributed by atoms with van der Waals surface area (Å²) >= 11 is 0. The molecule has 2 aromatic carbocycles. The van der Waals surface area contributed by atoms with E-state index in [-0.39, 0.29) is 29.6 Å². The number of nitrogens with two attached hydrogens (primary N) is 1. The maximum atomic E-state index is 13.4. The topological polar surface area (TPSA) is 109 Å². The molecule has 4 atom stereocenters. The number of fused-ring (bicyclic) bond motifs is 1. The van der Waals surface area contributed by atoms with Crippen molar-refractivity contribution in [1.82, 2.24) is 15.2 Å². The maximum absolute atomic E-state index is 13.4. The standard InChI is InChI=1S/C32H46N4O3/c1-5-6-16-34-31(38)23(4)17-30(37)28(33)18-25(22(2)3)19-35-32(39)27-21-36(20-24-12-8-7-9-13-24)29-15-11-10-14-26(27)29/h7-15,21-23,25,28,30,37H,5-6,16-20,33H2,1-4H3,(H,34,38)(H,35,39)/t23-,25+,28+,30+/m1/s1. The second-order valence-corrected chi connectivity index (χ2v) is 11.1. The van der Waals surface area contributed by atoms with Crippen LogP contribution in [0.2, 0.25) is 0 Å². The third-order valence-electron chi connectivity index (χ3n) is 7.64. The van der Waals surface area contributed by atoms with Gasteiger partial charge in [-0.1, -0.05) is 82.6 Å². The highest BCUT2D eigenvalue weighted by Crippen LogP contribution is 2.24. The second-order valence-electron chi connectivity index (χ2n) is 11.1. The lowest BCUT2D eigenvalue weighted by molar-refractivity contribution is -0.125. The van der Waals surface area contributed by atoms with Crippen LogP contribution in [-0.4, -0.2) is 46.7 Å². The van der Waals surface area contributed by atoms with Crippen molar-refractivity contribution >= 4 is 22.7 Å². The normalized spacial score (nSPS) is 14.6. The molecule has 39 heavy (non-hydrogen) atoms. The van der Waals surface area contributed by atoms with E-state index < -0.39 is 12.1 Å². The minimum atomic E-state index is -0.787. The van der Waals surface area contributed by atoms with E-state index in [9.17, 15) is 14.7 Å². The molecule has 2 amide bonds. The van der Waals surface area contributed by atoms with Crippen molar-refractivity contribution in [2.75, 3.05) is 13.1 Å². The van der Waals surface area contributed by atoms with Gasteiger partial charge in [-0.25, -0.2) is 0 Å².